The molecule has 0 amide bonds. The lowest BCUT2D eigenvalue weighted by Gasteiger charge is -2.21. The molecule has 0 fully saturated rings. The number of rotatable bonds is 6. The summed E-state index contributed by atoms with van der Waals surface area (Å²) in [7, 11) is 0. The van der Waals surface area contributed by atoms with Crippen LogP contribution in [0.3, 0.4) is 0 Å². The predicted molar refractivity (Wildman–Crippen MR) is 80.9 cm³/mol. The summed E-state index contributed by atoms with van der Waals surface area (Å²) < 4.78 is 23.3. The third-order valence-corrected chi connectivity index (χ3v) is 2.90. The van der Waals surface area contributed by atoms with Gasteiger partial charge in [0.2, 0.25) is 0 Å². The molecule has 0 N–H and O–H groups in total. The number of carbonyl (C=O) groups is 2. The summed E-state index contributed by atoms with van der Waals surface area (Å²) in [5, 5.41) is 0. The van der Waals surface area contributed by atoms with Gasteiger partial charge in [0.05, 0.1) is 12.5 Å². The number of hydrogen-bond acceptors (Lipinski definition) is 4. The summed E-state index contributed by atoms with van der Waals surface area (Å²) in [6, 6.07) is 5.64. The van der Waals surface area contributed by atoms with Gasteiger partial charge in [-0.3, -0.25) is 9.59 Å². The molecule has 122 valence electrons. The SMILES string of the molecule is CCOC(=O)C(CCC(=O)OC(C)(C)C)c1ccc(F)cc1. The van der Waals surface area contributed by atoms with Gasteiger partial charge in [-0.15, -0.1) is 0 Å². The molecule has 1 atom stereocenters. The van der Waals surface area contributed by atoms with E-state index in [2.05, 4.69) is 0 Å². The summed E-state index contributed by atoms with van der Waals surface area (Å²) in [5.74, 6) is -1.77. The highest BCUT2D eigenvalue weighted by Gasteiger charge is 2.24. The number of esters is 2. The van der Waals surface area contributed by atoms with Crippen molar-refractivity contribution in [3.05, 3.63) is 35.6 Å². The van der Waals surface area contributed by atoms with E-state index in [0.717, 1.165) is 0 Å². The first-order valence-corrected chi connectivity index (χ1v) is 7.37. The molecule has 0 aliphatic carbocycles. The predicted octanol–water partition coefficient (Wildman–Crippen LogP) is 3.59. The Bertz CT molecular complexity index is 502. The molecule has 0 bridgehead atoms. The van der Waals surface area contributed by atoms with Crippen molar-refractivity contribution in [1.82, 2.24) is 0 Å². The Balaban J connectivity index is 2.77. The first kappa shape index (κ1) is 18.1. The molecule has 0 radical (unpaired) electrons. The normalized spacial score (nSPS) is 12.6. The zero-order valence-corrected chi connectivity index (χ0v) is 13.5. The van der Waals surface area contributed by atoms with Crippen molar-refractivity contribution in [2.45, 2.75) is 52.1 Å². The van der Waals surface area contributed by atoms with Crippen LogP contribution in [-0.2, 0) is 19.1 Å². The van der Waals surface area contributed by atoms with Crippen LogP contribution in [0.4, 0.5) is 4.39 Å². The average Bonchev–Trinajstić information content (AvgIpc) is 2.39. The summed E-state index contributed by atoms with van der Waals surface area (Å²) in [6.45, 7) is 7.32. The number of benzene rings is 1. The van der Waals surface area contributed by atoms with E-state index in [1.165, 1.54) is 24.3 Å². The van der Waals surface area contributed by atoms with Crippen LogP contribution >= 0.6 is 0 Å². The third kappa shape index (κ3) is 6.24. The number of ether oxygens (including phenoxy) is 2. The molecule has 0 aliphatic rings. The Morgan fingerprint density at radius 1 is 1.18 bits per heavy atom. The first-order valence-electron chi connectivity index (χ1n) is 7.37. The Morgan fingerprint density at radius 3 is 2.27 bits per heavy atom. The Morgan fingerprint density at radius 2 is 1.77 bits per heavy atom. The van der Waals surface area contributed by atoms with E-state index >= 15 is 0 Å². The molecule has 1 aromatic carbocycles. The van der Waals surface area contributed by atoms with E-state index < -0.39 is 17.5 Å². The van der Waals surface area contributed by atoms with Crippen LogP contribution < -0.4 is 0 Å². The molecule has 1 rings (SSSR count). The molecular weight excluding hydrogens is 287 g/mol. The standard InChI is InChI=1S/C17H23FO4/c1-5-21-16(20)14(12-6-8-13(18)9-7-12)10-11-15(19)22-17(2,3)4/h6-9,14H,5,10-11H2,1-4H3. The zero-order valence-electron chi connectivity index (χ0n) is 13.5. The lowest BCUT2D eigenvalue weighted by atomic mass is 9.94. The number of halogens is 1. The van der Waals surface area contributed by atoms with E-state index in [4.69, 9.17) is 9.47 Å². The maximum atomic E-state index is 13.0. The molecular formula is C17H23FO4. The molecule has 22 heavy (non-hydrogen) atoms. The van der Waals surface area contributed by atoms with Gasteiger partial charge in [-0.1, -0.05) is 12.1 Å². The van der Waals surface area contributed by atoms with E-state index in [9.17, 15) is 14.0 Å². The highest BCUT2D eigenvalue weighted by molar-refractivity contribution is 5.79. The van der Waals surface area contributed by atoms with Crippen molar-refractivity contribution in [3.63, 3.8) is 0 Å². The zero-order chi connectivity index (χ0) is 16.8. The van der Waals surface area contributed by atoms with Crippen LogP contribution in [0.2, 0.25) is 0 Å². The van der Waals surface area contributed by atoms with E-state index in [-0.39, 0.29) is 31.2 Å². The van der Waals surface area contributed by atoms with Gasteiger partial charge >= 0.3 is 11.9 Å². The van der Waals surface area contributed by atoms with Crippen molar-refractivity contribution in [2.75, 3.05) is 6.61 Å². The fraction of sp³-hybridized carbons (Fsp3) is 0.529. The van der Waals surface area contributed by atoms with E-state index in [0.29, 0.717) is 5.56 Å². The summed E-state index contributed by atoms with van der Waals surface area (Å²) in [6.07, 6.45) is 0.359. The molecule has 0 aromatic heterocycles. The molecule has 0 saturated carbocycles. The Labute approximate surface area is 130 Å². The molecule has 0 spiro atoms. The van der Waals surface area contributed by atoms with Crippen LogP contribution in [0.25, 0.3) is 0 Å². The van der Waals surface area contributed by atoms with Gasteiger partial charge in [-0.25, -0.2) is 4.39 Å². The largest absolute Gasteiger partial charge is 0.466 e. The highest BCUT2D eigenvalue weighted by Crippen LogP contribution is 2.24. The fourth-order valence-electron chi connectivity index (χ4n) is 2.01. The van der Waals surface area contributed by atoms with Crippen LogP contribution in [-0.4, -0.2) is 24.1 Å². The van der Waals surface area contributed by atoms with E-state index in [1.807, 2.05) is 0 Å². The molecule has 5 heteroatoms. The minimum absolute atomic E-state index is 0.0954. The second-order valence-electron chi connectivity index (χ2n) is 5.98. The van der Waals surface area contributed by atoms with Gasteiger partial charge in [0, 0.05) is 6.42 Å². The van der Waals surface area contributed by atoms with Gasteiger partial charge in [0.25, 0.3) is 0 Å². The second kappa shape index (κ2) is 7.92. The van der Waals surface area contributed by atoms with E-state index in [1.54, 1.807) is 27.7 Å². The van der Waals surface area contributed by atoms with Gasteiger partial charge in [0.1, 0.15) is 11.4 Å². The molecule has 4 nitrogen and oxygen atoms in total. The van der Waals surface area contributed by atoms with Crippen LogP contribution in [0.5, 0.6) is 0 Å². The number of carbonyl (C=O) groups excluding carboxylic acids is 2. The molecule has 1 unspecified atom stereocenters. The minimum atomic E-state index is -0.604. The monoisotopic (exact) mass is 310 g/mol. The summed E-state index contributed by atoms with van der Waals surface area (Å²) >= 11 is 0. The first-order chi connectivity index (χ1) is 10.2. The highest BCUT2D eigenvalue weighted by atomic mass is 19.1. The minimum Gasteiger partial charge on any atom is -0.466 e. The Hall–Kier alpha value is -1.91. The molecule has 1 aromatic rings. The lowest BCUT2D eigenvalue weighted by Crippen LogP contribution is -2.25. The van der Waals surface area contributed by atoms with Crippen molar-refractivity contribution < 1.29 is 23.5 Å². The van der Waals surface area contributed by atoms with Crippen LogP contribution in [0.1, 0.15) is 52.0 Å². The van der Waals surface area contributed by atoms with Gasteiger partial charge in [-0.05, 0) is 51.8 Å². The topological polar surface area (TPSA) is 52.6 Å². The maximum absolute atomic E-state index is 13.0. The average molecular weight is 310 g/mol. The number of hydrogen-bond donors (Lipinski definition) is 0. The smallest absolute Gasteiger partial charge is 0.313 e. The Kier molecular flexibility index (Phi) is 6.53. The van der Waals surface area contributed by atoms with Crippen LogP contribution in [0, 0.1) is 5.82 Å². The third-order valence-electron chi connectivity index (χ3n) is 2.90. The van der Waals surface area contributed by atoms with Crippen LogP contribution in [0.15, 0.2) is 24.3 Å². The summed E-state index contributed by atoms with van der Waals surface area (Å²) in [5.41, 5.74) is 0.0650. The second-order valence-corrected chi connectivity index (χ2v) is 5.98. The molecule has 0 heterocycles. The van der Waals surface area contributed by atoms with Gasteiger partial charge < -0.3 is 9.47 Å². The maximum Gasteiger partial charge on any atom is 0.313 e. The van der Waals surface area contributed by atoms with Gasteiger partial charge in [-0.2, -0.15) is 0 Å². The van der Waals surface area contributed by atoms with Gasteiger partial charge in [0.15, 0.2) is 0 Å². The lowest BCUT2D eigenvalue weighted by molar-refractivity contribution is -0.155. The van der Waals surface area contributed by atoms with Crippen molar-refractivity contribution >= 4 is 11.9 Å². The van der Waals surface area contributed by atoms with Crippen molar-refractivity contribution in [2.24, 2.45) is 0 Å². The fourth-order valence-corrected chi connectivity index (χ4v) is 2.01. The quantitative estimate of drug-likeness (QED) is 0.753. The molecule has 0 saturated heterocycles. The molecule has 0 aliphatic heterocycles. The van der Waals surface area contributed by atoms with Crippen molar-refractivity contribution in [3.8, 4) is 0 Å². The van der Waals surface area contributed by atoms with Crippen molar-refractivity contribution in [1.29, 1.82) is 0 Å². The summed E-state index contributed by atoms with van der Waals surface area (Å²) in [4.78, 5) is 23.9.